The summed E-state index contributed by atoms with van der Waals surface area (Å²) >= 11 is 0. The van der Waals surface area contributed by atoms with Crippen LogP contribution in [-0.2, 0) is 0 Å². The standard InChI is InChI=1S/C17H24O3/c1-12-10-19-16-7-6-14(9-17(16)20-11-12)15(18)8-13-4-2-3-5-13/h6-7,9,12-13,15,18H,2-5,8,10-11H2,1H3. The summed E-state index contributed by atoms with van der Waals surface area (Å²) in [6.45, 7) is 3.48. The van der Waals surface area contributed by atoms with Gasteiger partial charge < -0.3 is 14.6 Å². The molecule has 2 aliphatic rings. The molecule has 0 saturated heterocycles. The van der Waals surface area contributed by atoms with E-state index in [-0.39, 0.29) is 6.10 Å². The van der Waals surface area contributed by atoms with Crippen molar-refractivity contribution < 1.29 is 14.6 Å². The first-order chi connectivity index (χ1) is 9.72. The molecule has 1 aromatic carbocycles. The van der Waals surface area contributed by atoms with Crippen LogP contribution >= 0.6 is 0 Å². The molecule has 2 atom stereocenters. The zero-order valence-corrected chi connectivity index (χ0v) is 12.2. The Morgan fingerprint density at radius 1 is 1.15 bits per heavy atom. The van der Waals surface area contributed by atoms with Crippen molar-refractivity contribution in [2.75, 3.05) is 13.2 Å². The predicted octanol–water partition coefficient (Wildman–Crippen LogP) is 3.71. The number of aliphatic hydroxyl groups is 1. The number of ether oxygens (including phenoxy) is 2. The van der Waals surface area contributed by atoms with Gasteiger partial charge in [-0.3, -0.25) is 0 Å². The Kier molecular flexibility index (Phi) is 4.16. The summed E-state index contributed by atoms with van der Waals surface area (Å²) in [5, 5.41) is 10.4. The number of fused-ring (bicyclic) bond motifs is 1. The second kappa shape index (κ2) is 6.04. The van der Waals surface area contributed by atoms with Crippen LogP contribution in [0.1, 0.15) is 50.7 Å². The lowest BCUT2D eigenvalue weighted by Gasteiger charge is -2.17. The first-order valence-electron chi connectivity index (χ1n) is 7.80. The predicted molar refractivity (Wildman–Crippen MR) is 78.1 cm³/mol. The molecule has 0 aromatic heterocycles. The van der Waals surface area contributed by atoms with Gasteiger partial charge in [-0.15, -0.1) is 0 Å². The monoisotopic (exact) mass is 276 g/mol. The Morgan fingerprint density at radius 2 is 1.85 bits per heavy atom. The van der Waals surface area contributed by atoms with Crippen molar-refractivity contribution >= 4 is 0 Å². The number of hydrogen-bond donors (Lipinski definition) is 1. The Balaban J connectivity index is 1.71. The van der Waals surface area contributed by atoms with Gasteiger partial charge in [-0.05, 0) is 30.0 Å². The maximum atomic E-state index is 10.4. The van der Waals surface area contributed by atoms with Gasteiger partial charge in [0.2, 0.25) is 0 Å². The molecular weight excluding hydrogens is 252 g/mol. The lowest BCUT2D eigenvalue weighted by Crippen LogP contribution is -2.12. The van der Waals surface area contributed by atoms with Crippen molar-refractivity contribution in [2.45, 2.75) is 45.1 Å². The number of aliphatic hydroxyl groups excluding tert-OH is 1. The third kappa shape index (κ3) is 3.09. The summed E-state index contributed by atoms with van der Waals surface area (Å²) in [4.78, 5) is 0. The maximum Gasteiger partial charge on any atom is 0.161 e. The lowest BCUT2D eigenvalue weighted by molar-refractivity contribution is 0.144. The second-order valence-electron chi connectivity index (χ2n) is 6.34. The minimum atomic E-state index is -0.382. The summed E-state index contributed by atoms with van der Waals surface area (Å²) in [5.74, 6) is 2.65. The van der Waals surface area contributed by atoms with Crippen LogP contribution in [0.25, 0.3) is 0 Å². The fraction of sp³-hybridized carbons (Fsp3) is 0.647. The molecule has 1 N–H and O–H groups in total. The van der Waals surface area contributed by atoms with Gasteiger partial charge in [0.1, 0.15) is 0 Å². The molecule has 1 fully saturated rings. The maximum absolute atomic E-state index is 10.4. The minimum absolute atomic E-state index is 0.382. The van der Waals surface area contributed by atoms with Crippen LogP contribution in [0.15, 0.2) is 18.2 Å². The van der Waals surface area contributed by atoms with Crippen LogP contribution in [0.5, 0.6) is 11.5 Å². The molecule has 0 spiro atoms. The van der Waals surface area contributed by atoms with Crippen molar-refractivity contribution in [3.63, 3.8) is 0 Å². The van der Waals surface area contributed by atoms with Crippen molar-refractivity contribution in [1.29, 1.82) is 0 Å². The summed E-state index contributed by atoms with van der Waals surface area (Å²) in [7, 11) is 0. The van der Waals surface area contributed by atoms with Crippen LogP contribution in [0.3, 0.4) is 0 Å². The summed E-state index contributed by atoms with van der Waals surface area (Å²) < 4.78 is 11.5. The SMILES string of the molecule is CC1COc2ccc(C(O)CC3CCCC3)cc2OC1. The molecule has 3 heteroatoms. The molecule has 1 saturated carbocycles. The molecule has 20 heavy (non-hydrogen) atoms. The summed E-state index contributed by atoms with van der Waals surface area (Å²) in [6.07, 6.45) is 5.65. The molecule has 3 nitrogen and oxygen atoms in total. The van der Waals surface area contributed by atoms with Crippen molar-refractivity contribution in [3.8, 4) is 11.5 Å². The van der Waals surface area contributed by atoms with Crippen molar-refractivity contribution in [1.82, 2.24) is 0 Å². The van der Waals surface area contributed by atoms with E-state index in [0.717, 1.165) is 23.5 Å². The smallest absolute Gasteiger partial charge is 0.161 e. The molecule has 0 bridgehead atoms. The second-order valence-corrected chi connectivity index (χ2v) is 6.34. The molecule has 1 heterocycles. The van der Waals surface area contributed by atoms with Crippen molar-refractivity contribution in [2.24, 2.45) is 11.8 Å². The van der Waals surface area contributed by atoms with Gasteiger partial charge in [0.15, 0.2) is 11.5 Å². The van der Waals surface area contributed by atoms with Gasteiger partial charge in [-0.2, -0.15) is 0 Å². The van der Waals surface area contributed by atoms with Gasteiger partial charge in [-0.25, -0.2) is 0 Å². The van der Waals surface area contributed by atoms with E-state index >= 15 is 0 Å². The highest BCUT2D eigenvalue weighted by atomic mass is 16.5. The first-order valence-corrected chi connectivity index (χ1v) is 7.80. The Morgan fingerprint density at radius 3 is 2.60 bits per heavy atom. The normalized spacial score (nSPS) is 24.4. The number of rotatable bonds is 3. The van der Waals surface area contributed by atoms with E-state index in [9.17, 15) is 5.11 Å². The van der Waals surface area contributed by atoms with E-state index in [4.69, 9.17) is 9.47 Å². The van der Waals surface area contributed by atoms with E-state index in [0.29, 0.717) is 25.0 Å². The van der Waals surface area contributed by atoms with E-state index in [1.807, 2.05) is 18.2 Å². The molecular formula is C17H24O3. The minimum Gasteiger partial charge on any atom is -0.489 e. The molecule has 0 amide bonds. The molecule has 2 unspecified atom stereocenters. The Labute approximate surface area is 120 Å². The highest BCUT2D eigenvalue weighted by Gasteiger charge is 2.22. The van der Waals surface area contributed by atoms with Crippen LogP contribution < -0.4 is 9.47 Å². The molecule has 0 radical (unpaired) electrons. The zero-order chi connectivity index (χ0) is 13.9. The van der Waals surface area contributed by atoms with E-state index in [1.165, 1.54) is 25.7 Å². The fourth-order valence-electron chi connectivity index (χ4n) is 3.17. The van der Waals surface area contributed by atoms with Gasteiger partial charge in [0, 0.05) is 5.92 Å². The highest BCUT2D eigenvalue weighted by Crippen LogP contribution is 2.37. The molecule has 1 aliphatic carbocycles. The highest BCUT2D eigenvalue weighted by molar-refractivity contribution is 5.44. The van der Waals surface area contributed by atoms with Crippen LogP contribution in [0, 0.1) is 11.8 Å². The van der Waals surface area contributed by atoms with Gasteiger partial charge in [0.25, 0.3) is 0 Å². The van der Waals surface area contributed by atoms with Crippen molar-refractivity contribution in [3.05, 3.63) is 23.8 Å². The van der Waals surface area contributed by atoms with E-state index < -0.39 is 0 Å². The third-order valence-corrected chi connectivity index (χ3v) is 4.43. The molecule has 3 rings (SSSR count). The van der Waals surface area contributed by atoms with Gasteiger partial charge >= 0.3 is 0 Å². The Bertz CT molecular complexity index is 452. The van der Waals surface area contributed by atoms with Crippen LogP contribution in [0.4, 0.5) is 0 Å². The van der Waals surface area contributed by atoms with E-state index in [1.54, 1.807) is 0 Å². The van der Waals surface area contributed by atoms with Crippen LogP contribution in [-0.4, -0.2) is 18.3 Å². The summed E-state index contributed by atoms with van der Waals surface area (Å²) in [5.41, 5.74) is 0.953. The molecule has 110 valence electrons. The zero-order valence-electron chi connectivity index (χ0n) is 12.2. The van der Waals surface area contributed by atoms with Gasteiger partial charge in [-0.1, -0.05) is 38.7 Å². The summed E-state index contributed by atoms with van der Waals surface area (Å²) in [6, 6.07) is 5.85. The quantitative estimate of drug-likeness (QED) is 0.914. The topological polar surface area (TPSA) is 38.7 Å². The van der Waals surface area contributed by atoms with Crippen LogP contribution in [0.2, 0.25) is 0 Å². The number of hydrogen-bond acceptors (Lipinski definition) is 3. The molecule has 1 aromatic rings. The molecule has 1 aliphatic heterocycles. The Hall–Kier alpha value is -1.22. The lowest BCUT2D eigenvalue weighted by atomic mass is 9.95. The fourth-order valence-corrected chi connectivity index (χ4v) is 3.17. The number of benzene rings is 1. The average Bonchev–Trinajstić information content (AvgIpc) is 2.88. The first kappa shape index (κ1) is 13.7. The largest absolute Gasteiger partial charge is 0.489 e. The average molecular weight is 276 g/mol. The van der Waals surface area contributed by atoms with Gasteiger partial charge in [0.05, 0.1) is 19.3 Å². The van der Waals surface area contributed by atoms with E-state index in [2.05, 4.69) is 6.92 Å². The third-order valence-electron chi connectivity index (χ3n) is 4.43.